The Bertz CT molecular complexity index is 609. The lowest BCUT2D eigenvalue weighted by atomic mass is 10.2. The van der Waals surface area contributed by atoms with E-state index >= 15 is 0 Å². The second kappa shape index (κ2) is 4.97. The minimum Gasteiger partial charge on any atom is -0.332 e. The lowest BCUT2D eigenvalue weighted by Gasteiger charge is -2.04. The Hall–Kier alpha value is -2.21. The largest absolute Gasteiger partial charge is 0.332 e. The molecule has 6 nitrogen and oxygen atoms in total. The van der Waals surface area contributed by atoms with Gasteiger partial charge in [-0.3, -0.25) is 14.9 Å². The summed E-state index contributed by atoms with van der Waals surface area (Å²) >= 11 is 5.72. The maximum absolute atomic E-state index is 10.9. The summed E-state index contributed by atoms with van der Waals surface area (Å²) < 4.78 is 1.60. The zero-order chi connectivity index (χ0) is 13.1. The number of benzene rings is 1. The molecule has 0 N–H and O–H groups in total. The average Bonchev–Trinajstić information content (AvgIpc) is 2.79. The van der Waals surface area contributed by atoms with E-state index in [1.807, 2.05) is 0 Å². The number of rotatable bonds is 4. The molecule has 1 aromatic carbocycles. The Morgan fingerprint density at radius 2 is 2.28 bits per heavy atom. The molecule has 0 saturated carbocycles. The predicted molar refractivity (Wildman–Crippen MR) is 64.8 cm³/mol. The van der Waals surface area contributed by atoms with Crippen molar-refractivity contribution in [3.8, 4) is 0 Å². The number of nitro benzene ring substituents is 1. The van der Waals surface area contributed by atoms with E-state index in [9.17, 15) is 14.9 Å². The predicted octanol–water partition coefficient (Wildman–Crippen LogP) is 2.31. The summed E-state index contributed by atoms with van der Waals surface area (Å²) in [6.07, 6.45) is 3.58. The lowest BCUT2D eigenvalue weighted by molar-refractivity contribution is -0.385. The van der Waals surface area contributed by atoms with Crippen molar-refractivity contribution in [3.63, 3.8) is 0 Å². The summed E-state index contributed by atoms with van der Waals surface area (Å²) in [5.74, 6) is 0. The molecule has 0 spiro atoms. The third kappa shape index (κ3) is 2.54. The topological polar surface area (TPSA) is 78.0 Å². The Morgan fingerprint density at radius 3 is 2.89 bits per heavy atom. The van der Waals surface area contributed by atoms with Gasteiger partial charge >= 0.3 is 0 Å². The quantitative estimate of drug-likeness (QED) is 0.483. The first-order chi connectivity index (χ1) is 8.60. The molecule has 92 valence electrons. The van der Waals surface area contributed by atoms with Gasteiger partial charge in [0.2, 0.25) is 0 Å². The van der Waals surface area contributed by atoms with Gasteiger partial charge in [0.1, 0.15) is 5.69 Å². The van der Waals surface area contributed by atoms with Crippen LogP contribution >= 0.6 is 11.6 Å². The number of imidazole rings is 1. The zero-order valence-corrected chi connectivity index (χ0v) is 9.87. The van der Waals surface area contributed by atoms with Crippen LogP contribution in [0.15, 0.2) is 30.7 Å². The molecule has 18 heavy (non-hydrogen) atoms. The molecule has 7 heteroatoms. The van der Waals surface area contributed by atoms with Crippen LogP contribution in [0.25, 0.3) is 0 Å². The van der Waals surface area contributed by atoms with Crippen LogP contribution in [0.4, 0.5) is 5.69 Å². The SMILES string of the molecule is O=Cc1cn(Cc2ccc(Cl)cc2[N+](=O)[O-])cn1. The lowest BCUT2D eigenvalue weighted by Crippen LogP contribution is -2.01. The van der Waals surface area contributed by atoms with Gasteiger partial charge in [0.05, 0.1) is 17.8 Å². The van der Waals surface area contributed by atoms with Crippen molar-refractivity contribution in [1.82, 2.24) is 9.55 Å². The fraction of sp³-hybridized carbons (Fsp3) is 0.0909. The van der Waals surface area contributed by atoms with Crippen molar-refractivity contribution in [1.29, 1.82) is 0 Å². The molecule has 0 aliphatic carbocycles. The highest BCUT2D eigenvalue weighted by Gasteiger charge is 2.14. The van der Waals surface area contributed by atoms with E-state index < -0.39 is 4.92 Å². The van der Waals surface area contributed by atoms with Gasteiger partial charge in [-0.2, -0.15) is 0 Å². The van der Waals surface area contributed by atoms with E-state index in [0.29, 0.717) is 16.9 Å². The molecule has 0 atom stereocenters. The molecular formula is C11H8ClN3O3. The van der Waals surface area contributed by atoms with Crippen LogP contribution in [-0.2, 0) is 6.54 Å². The summed E-state index contributed by atoms with van der Waals surface area (Å²) in [5, 5.41) is 11.2. The zero-order valence-electron chi connectivity index (χ0n) is 9.12. The van der Waals surface area contributed by atoms with E-state index in [2.05, 4.69) is 4.98 Å². The van der Waals surface area contributed by atoms with Gasteiger partial charge in [-0.1, -0.05) is 11.6 Å². The number of halogens is 1. The van der Waals surface area contributed by atoms with E-state index in [-0.39, 0.29) is 17.9 Å². The molecule has 0 saturated heterocycles. The van der Waals surface area contributed by atoms with Crippen LogP contribution in [-0.4, -0.2) is 20.8 Å². The van der Waals surface area contributed by atoms with E-state index in [1.165, 1.54) is 18.6 Å². The third-order valence-corrected chi connectivity index (χ3v) is 2.61. The molecule has 0 fully saturated rings. The van der Waals surface area contributed by atoms with Crippen molar-refractivity contribution in [2.45, 2.75) is 6.54 Å². The Kier molecular flexibility index (Phi) is 3.38. The standard InChI is InChI=1S/C11H8ClN3O3/c12-9-2-1-8(11(3-9)15(17)18)4-14-5-10(6-16)13-7-14/h1-3,5-7H,4H2. The minimum atomic E-state index is -0.487. The molecule has 0 bridgehead atoms. The molecule has 2 rings (SSSR count). The molecule has 0 aliphatic rings. The number of aldehydes is 1. The molecule has 0 amide bonds. The van der Waals surface area contributed by atoms with Gasteiger partial charge < -0.3 is 4.57 Å². The number of carbonyl (C=O) groups is 1. The van der Waals surface area contributed by atoms with Gasteiger partial charge in [0, 0.05) is 22.8 Å². The first kappa shape index (κ1) is 12.3. The van der Waals surface area contributed by atoms with Crippen LogP contribution in [0.5, 0.6) is 0 Å². The number of hydrogen-bond acceptors (Lipinski definition) is 4. The molecule has 1 aromatic heterocycles. The van der Waals surface area contributed by atoms with Crippen LogP contribution in [0.2, 0.25) is 5.02 Å². The Balaban J connectivity index is 2.33. The second-order valence-electron chi connectivity index (χ2n) is 3.62. The smallest absolute Gasteiger partial charge is 0.275 e. The maximum Gasteiger partial charge on any atom is 0.275 e. The fourth-order valence-electron chi connectivity index (χ4n) is 1.56. The number of aromatic nitrogens is 2. The average molecular weight is 266 g/mol. The number of nitro groups is 1. The van der Waals surface area contributed by atoms with Crippen molar-refractivity contribution in [3.05, 3.63) is 57.1 Å². The van der Waals surface area contributed by atoms with Crippen molar-refractivity contribution >= 4 is 23.6 Å². The van der Waals surface area contributed by atoms with Gasteiger partial charge in [0.15, 0.2) is 6.29 Å². The summed E-state index contributed by atoms with van der Waals surface area (Å²) in [6.45, 7) is 0.258. The monoisotopic (exact) mass is 265 g/mol. The Morgan fingerprint density at radius 1 is 1.50 bits per heavy atom. The fourth-order valence-corrected chi connectivity index (χ4v) is 1.73. The highest BCUT2D eigenvalue weighted by molar-refractivity contribution is 6.30. The number of nitrogens with zero attached hydrogens (tertiary/aromatic N) is 3. The van der Waals surface area contributed by atoms with Crippen LogP contribution < -0.4 is 0 Å². The van der Waals surface area contributed by atoms with Crippen LogP contribution in [0.3, 0.4) is 0 Å². The van der Waals surface area contributed by atoms with Crippen molar-refractivity contribution in [2.75, 3.05) is 0 Å². The molecule has 1 heterocycles. The molecule has 0 radical (unpaired) electrons. The third-order valence-electron chi connectivity index (χ3n) is 2.37. The molecule has 0 unspecified atom stereocenters. The van der Waals surface area contributed by atoms with Crippen molar-refractivity contribution < 1.29 is 9.72 Å². The number of carbonyl (C=O) groups excluding carboxylic acids is 1. The molecule has 0 aliphatic heterocycles. The van der Waals surface area contributed by atoms with E-state index in [0.717, 1.165) is 0 Å². The number of hydrogen-bond donors (Lipinski definition) is 0. The highest BCUT2D eigenvalue weighted by Crippen LogP contribution is 2.23. The van der Waals surface area contributed by atoms with Crippen LogP contribution in [0.1, 0.15) is 16.1 Å². The first-order valence-corrected chi connectivity index (χ1v) is 5.37. The maximum atomic E-state index is 10.9. The summed E-state index contributed by atoms with van der Waals surface area (Å²) in [6, 6.07) is 4.47. The van der Waals surface area contributed by atoms with Gasteiger partial charge in [-0.15, -0.1) is 0 Å². The summed E-state index contributed by atoms with van der Waals surface area (Å²) in [7, 11) is 0. The second-order valence-corrected chi connectivity index (χ2v) is 4.06. The van der Waals surface area contributed by atoms with E-state index in [1.54, 1.807) is 16.7 Å². The summed E-state index contributed by atoms with van der Waals surface area (Å²) in [5.41, 5.74) is 0.731. The minimum absolute atomic E-state index is 0.0520. The van der Waals surface area contributed by atoms with Gasteiger partial charge in [-0.05, 0) is 12.1 Å². The molecule has 2 aromatic rings. The van der Waals surface area contributed by atoms with E-state index in [4.69, 9.17) is 11.6 Å². The van der Waals surface area contributed by atoms with Crippen molar-refractivity contribution in [2.24, 2.45) is 0 Å². The van der Waals surface area contributed by atoms with Crippen LogP contribution in [0, 0.1) is 10.1 Å². The van der Waals surface area contributed by atoms with Gasteiger partial charge in [-0.25, -0.2) is 4.98 Å². The Labute approximate surface area is 107 Å². The van der Waals surface area contributed by atoms with Gasteiger partial charge in [0.25, 0.3) is 5.69 Å². The molecular weight excluding hydrogens is 258 g/mol. The highest BCUT2D eigenvalue weighted by atomic mass is 35.5. The first-order valence-electron chi connectivity index (χ1n) is 5.00. The summed E-state index contributed by atoms with van der Waals surface area (Å²) in [4.78, 5) is 24.7. The normalized spacial score (nSPS) is 10.3.